The SMILES string of the molecule is CC(C)Nc1cncc(C(=O)NCc2ccc3c(c2)OCO3)c1. The summed E-state index contributed by atoms with van der Waals surface area (Å²) < 4.78 is 10.6. The number of hydrogen-bond donors (Lipinski definition) is 2. The highest BCUT2D eigenvalue weighted by Crippen LogP contribution is 2.32. The number of rotatable bonds is 5. The summed E-state index contributed by atoms with van der Waals surface area (Å²) >= 11 is 0. The molecule has 2 heterocycles. The molecule has 1 aromatic carbocycles. The lowest BCUT2D eigenvalue weighted by Crippen LogP contribution is -2.23. The number of nitrogens with zero attached hydrogens (tertiary/aromatic N) is 1. The molecule has 6 nitrogen and oxygen atoms in total. The molecular formula is C17H19N3O3. The van der Waals surface area contributed by atoms with E-state index in [1.807, 2.05) is 32.0 Å². The Labute approximate surface area is 134 Å². The molecule has 3 rings (SSSR count). The van der Waals surface area contributed by atoms with Crippen LogP contribution in [0.1, 0.15) is 29.8 Å². The first-order valence-electron chi connectivity index (χ1n) is 7.50. The summed E-state index contributed by atoms with van der Waals surface area (Å²) in [6.07, 6.45) is 3.26. The first-order chi connectivity index (χ1) is 11.1. The number of amides is 1. The van der Waals surface area contributed by atoms with Gasteiger partial charge in [0.1, 0.15) is 0 Å². The maximum Gasteiger partial charge on any atom is 0.253 e. The minimum Gasteiger partial charge on any atom is -0.454 e. The molecule has 1 amide bonds. The smallest absolute Gasteiger partial charge is 0.253 e. The number of benzene rings is 1. The standard InChI is InChI=1S/C17H19N3O3/c1-11(2)20-14-6-13(8-18-9-14)17(21)19-7-12-3-4-15-16(5-12)23-10-22-15/h3-6,8-9,11,20H,7,10H2,1-2H3,(H,19,21). The van der Waals surface area contributed by atoms with Crippen LogP contribution in [0, 0.1) is 0 Å². The molecule has 1 aromatic heterocycles. The fraction of sp³-hybridized carbons (Fsp3) is 0.294. The van der Waals surface area contributed by atoms with E-state index in [0.29, 0.717) is 17.9 Å². The van der Waals surface area contributed by atoms with Gasteiger partial charge < -0.3 is 20.1 Å². The van der Waals surface area contributed by atoms with Crippen LogP contribution in [0.5, 0.6) is 11.5 Å². The molecule has 2 aromatic rings. The third-order valence-electron chi connectivity index (χ3n) is 3.35. The fourth-order valence-electron chi connectivity index (χ4n) is 2.31. The van der Waals surface area contributed by atoms with Gasteiger partial charge in [-0.25, -0.2) is 0 Å². The van der Waals surface area contributed by atoms with Crippen LogP contribution in [0.2, 0.25) is 0 Å². The van der Waals surface area contributed by atoms with Gasteiger partial charge in [-0.2, -0.15) is 0 Å². The van der Waals surface area contributed by atoms with Crippen LogP contribution in [0.15, 0.2) is 36.7 Å². The van der Waals surface area contributed by atoms with E-state index in [0.717, 1.165) is 17.0 Å². The molecule has 23 heavy (non-hydrogen) atoms. The molecule has 120 valence electrons. The predicted octanol–water partition coefficient (Wildman–Crippen LogP) is 2.56. The van der Waals surface area contributed by atoms with Crippen LogP contribution in [0.3, 0.4) is 0 Å². The van der Waals surface area contributed by atoms with Gasteiger partial charge in [0.25, 0.3) is 5.91 Å². The molecule has 1 aliphatic rings. The van der Waals surface area contributed by atoms with Crippen molar-refractivity contribution in [1.82, 2.24) is 10.3 Å². The lowest BCUT2D eigenvalue weighted by Gasteiger charge is -2.11. The highest BCUT2D eigenvalue weighted by Gasteiger charge is 2.14. The van der Waals surface area contributed by atoms with Gasteiger partial charge in [-0.3, -0.25) is 9.78 Å². The zero-order chi connectivity index (χ0) is 16.2. The van der Waals surface area contributed by atoms with Crippen LogP contribution in [-0.4, -0.2) is 23.7 Å². The summed E-state index contributed by atoms with van der Waals surface area (Å²) in [5.74, 6) is 1.28. The summed E-state index contributed by atoms with van der Waals surface area (Å²) in [4.78, 5) is 16.4. The molecule has 0 spiro atoms. The molecular weight excluding hydrogens is 294 g/mol. The normalized spacial score (nSPS) is 12.3. The Kier molecular flexibility index (Phi) is 4.32. The van der Waals surface area contributed by atoms with Gasteiger partial charge in [-0.15, -0.1) is 0 Å². The number of anilines is 1. The Hall–Kier alpha value is -2.76. The number of hydrogen-bond acceptors (Lipinski definition) is 5. The number of carbonyl (C=O) groups is 1. The van der Waals surface area contributed by atoms with E-state index in [1.165, 1.54) is 0 Å². The van der Waals surface area contributed by atoms with Gasteiger partial charge in [0.05, 0.1) is 11.3 Å². The molecule has 1 aliphatic heterocycles. The van der Waals surface area contributed by atoms with E-state index in [4.69, 9.17) is 9.47 Å². The highest BCUT2D eigenvalue weighted by atomic mass is 16.7. The monoisotopic (exact) mass is 313 g/mol. The third-order valence-corrected chi connectivity index (χ3v) is 3.35. The van der Waals surface area contributed by atoms with Crippen molar-refractivity contribution in [2.75, 3.05) is 12.1 Å². The summed E-state index contributed by atoms with van der Waals surface area (Å²) in [5.41, 5.74) is 2.30. The number of carbonyl (C=O) groups excluding carboxylic acids is 1. The first kappa shape index (κ1) is 15.1. The second kappa shape index (κ2) is 6.56. The van der Waals surface area contributed by atoms with E-state index in [-0.39, 0.29) is 18.7 Å². The molecule has 0 radical (unpaired) electrons. The zero-order valence-electron chi connectivity index (χ0n) is 13.1. The van der Waals surface area contributed by atoms with Crippen molar-refractivity contribution in [3.05, 3.63) is 47.8 Å². The van der Waals surface area contributed by atoms with Crippen molar-refractivity contribution in [1.29, 1.82) is 0 Å². The lowest BCUT2D eigenvalue weighted by molar-refractivity contribution is 0.0950. The maximum atomic E-state index is 12.3. The van der Waals surface area contributed by atoms with E-state index in [2.05, 4.69) is 15.6 Å². The summed E-state index contributed by atoms with van der Waals surface area (Å²) in [5, 5.41) is 6.11. The quantitative estimate of drug-likeness (QED) is 0.887. The van der Waals surface area contributed by atoms with Gasteiger partial charge in [-0.1, -0.05) is 6.07 Å². The second-order valence-electron chi connectivity index (χ2n) is 5.63. The van der Waals surface area contributed by atoms with Crippen molar-refractivity contribution >= 4 is 11.6 Å². The minimum atomic E-state index is -0.164. The number of pyridine rings is 1. The van der Waals surface area contributed by atoms with E-state index in [9.17, 15) is 4.79 Å². The molecule has 0 aliphatic carbocycles. The van der Waals surface area contributed by atoms with Crippen LogP contribution >= 0.6 is 0 Å². The van der Waals surface area contributed by atoms with Gasteiger partial charge >= 0.3 is 0 Å². The van der Waals surface area contributed by atoms with E-state index < -0.39 is 0 Å². The molecule has 0 unspecified atom stereocenters. The van der Waals surface area contributed by atoms with Crippen LogP contribution in [-0.2, 0) is 6.54 Å². The Balaban J connectivity index is 1.63. The van der Waals surface area contributed by atoms with Gasteiger partial charge in [0.15, 0.2) is 11.5 Å². The maximum absolute atomic E-state index is 12.3. The molecule has 0 bridgehead atoms. The van der Waals surface area contributed by atoms with Crippen molar-refractivity contribution in [3.63, 3.8) is 0 Å². The number of fused-ring (bicyclic) bond motifs is 1. The predicted molar refractivity (Wildman–Crippen MR) is 86.7 cm³/mol. The third kappa shape index (κ3) is 3.71. The van der Waals surface area contributed by atoms with Crippen LogP contribution in [0.4, 0.5) is 5.69 Å². The van der Waals surface area contributed by atoms with Gasteiger partial charge in [0, 0.05) is 25.0 Å². The molecule has 0 atom stereocenters. The first-order valence-corrected chi connectivity index (χ1v) is 7.50. The Morgan fingerprint density at radius 3 is 2.87 bits per heavy atom. The van der Waals surface area contributed by atoms with Crippen molar-refractivity contribution in [2.45, 2.75) is 26.4 Å². The van der Waals surface area contributed by atoms with E-state index in [1.54, 1.807) is 18.5 Å². The summed E-state index contributed by atoms with van der Waals surface area (Å²) in [6.45, 7) is 4.72. The highest BCUT2D eigenvalue weighted by molar-refractivity contribution is 5.94. The van der Waals surface area contributed by atoms with Gasteiger partial charge in [0.2, 0.25) is 6.79 Å². The molecule has 0 saturated carbocycles. The second-order valence-corrected chi connectivity index (χ2v) is 5.63. The van der Waals surface area contributed by atoms with Gasteiger partial charge in [-0.05, 0) is 37.6 Å². The van der Waals surface area contributed by atoms with E-state index >= 15 is 0 Å². The summed E-state index contributed by atoms with van der Waals surface area (Å²) in [7, 11) is 0. The number of aromatic nitrogens is 1. The summed E-state index contributed by atoms with van der Waals surface area (Å²) in [6, 6.07) is 7.70. The largest absolute Gasteiger partial charge is 0.454 e. The van der Waals surface area contributed by atoms with Crippen LogP contribution < -0.4 is 20.1 Å². The molecule has 6 heteroatoms. The Bertz CT molecular complexity index is 716. The van der Waals surface area contributed by atoms with Crippen molar-refractivity contribution in [2.24, 2.45) is 0 Å². The minimum absolute atomic E-state index is 0.164. The topological polar surface area (TPSA) is 72.5 Å². The number of ether oxygens (including phenoxy) is 2. The lowest BCUT2D eigenvalue weighted by atomic mass is 10.2. The fourth-order valence-corrected chi connectivity index (χ4v) is 2.31. The van der Waals surface area contributed by atoms with Crippen molar-refractivity contribution < 1.29 is 14.3 Å². The number of nitrogens with one attached hydrogen (secondary N) is 2. The Morgan fingerprint density at radius 2 is 2.04 bits per heavy atom. The van der Waals surface area contributed by atoms with Crippen molar-refractivity contribution in [3.8, 4) is 11.5 Å². The molecule has 0 saturated heterocycles. The van der Waals surface area contributed by atoms with Crippen LogP contribution in [0.25, 0.3) is 0 Å². The average molecular weight is 313 g/mol. The molecule has 0 fully saturated rings. The zero-order valence-corrected chi connectivity index (χ0v) is 13.1. The molecule has 2 N–H and O–H groups in total. The Morgan fingerprint density at radius 1 is 1.22 bits per heavy atom. The average Bonchev–Trinajstić information content (AvgIpc) is 3.00.